The molecule has 1 aliphatic rings. The van der Waals surface area contributed by atoms with E-state index in [1.54, 1.807) is 0 Å². The number of carbonyl (C=O) groups excluding carboxylic acids is 1. The second kappa shape index (κ2) is 9.55. The number of hydrogen-bond donors (Lipinski definition) is 0. The summed E-state index contributed by atoms with van der Waals surface area (Å²) in [6.45, 7) is 4.05. The van der Waals surface area contributed by atoms with Crippen molar-refractivity contribution < 1.29 is 14.3 Å². The first-order valence-corrected chi connectivity index (χ1v) is 9.70. The molecule has 0 N–H and O–H groups in total. The van der Waals surface area contributed by atoms with Crippen LogP contribution in [0.2, 0.25) is 5.02 Å². The highest BCUT2D eigenvalue weighted by atomic mass is 35.5. The van der Waals surface area contributed by atoms with Crippen molar-refractivity contribution in [2.75, 3.05) is 19.7 Å². The molecule has 1 saturated heterocycles. The smallest absolute Gasteiger partial charge is 0.316 e. The Hall–Kier alpha value is -2.34. The van der Waals surface area contributed by atoms with E-state index in [1.807, 2.05) is 29.2 Å². The third-order valence-electron chi connectivity index (χ3n) is 4.40. The molecule has 6 nitrogen and oxygen atoms in total. The van der Waals surface area contributed by atoms with E-state index in [9.17, 15) is 4.79 Å². The number of piperidine rings is 1. The maximum absolute atomic E-state index is 12.8. The van der Waals surface area contributed by atoms with Crippen LogP contribution in [-0.4, -0.2) is 46.6 Å². The number of unbranched alkanes of at least 4 members (excludes halogenated alkanes) is 1. The van der Waals surface area contributed by atoms with Crippen molar-refractivity contribution in [3.63, 3.8) is 0 Å². The van der Waals surface area contributed by atoms with Crippen molar-refractivity contribution in [2.24, 2.45) is 0 Å². The Kier molecular flexibility index (Phi) is 6.87. The largest absolute Gasteiger partial charge is 0.494 e. The zero-order chi connectivity index (χ0) is 19.1. The third kappa shape index (κ3) is 5.57. The van der Waals surface area contributed by atoms with Crippen molar-refractivity contribution >= 4 is 17.5 Å². The quantitative estimate of drug-likeness (QED) is 0.670. The monoisotopic (exact) mass is 389 g/mol. The zero-order valence-corrected chi connectivity index (χ0v) is 16.2. The molecular weight excluding hydrogens is 366 g/mol. The molecule has 1 aromatic carbocycles. The van der Waals surface area contributed by atoms with Gasteiger partial charge in [0.2, 0.25) is 0 Å². The van der Waals surface area contributed by atoms with Crippen molar-refractivity contribution in [1.29, 1.82) is 0 Å². The number of amides is 1. The number of halogens is 1. The molecule has 1 unspecified atom stereocenters. The number of benzene rings is 1. The molecule has 27 heavy (non-hydrogen) atoms. The van der Waals surface area contributed by atoms with E-state index in [4.69, 9.17) is 21.1 Å². The second-order valence-electron chi connectivity index (χ2n) is 6.54. The van der Waals surface area contributed by atoms with E-state index >= 15 is 0 Å². The zero-order valence-electron chi connectivity index (χ0n) is 15.4. The van der Waals surface area contributed by atoms with Crippen molar-refractivity contribution in [1.82, 2.24) is 14.9 Å². The van der Waals surface area contributed by atoms with Gasteiger partial charge in [0.15, 0.2) is 0 Å². The van der Waals surface area contributed by atoms with E-state index in [2.05, 4.69) is 16.9 Å². The lowest BCUT2D eigenvalue weighted by molar-refractivity contribution is 0.0516. The molecule has 144 valence electrons. The summed E-state index contributed by atoms with van der Waals surface area (Å²) in [5.74, 6) is 0.792. The minimum atomic E-state index is -0.125. The van der Waals surface area contributed by atoms with Crippen LogP contribution in [-0.2, 0) is 0 Å². The third-order valence-corrected chi connectivity index (χ3v) is 4.60. The van der Waals surface area contributed by atoms with Crippen LogP contribution in [0.1, 0.15) is 43.0 Å². The molecule has 0 bridgehead atoms. The maximum atomic E-state index is 12.8. The molecule has 1 aromatic heterocycles. The van der Waals surface area contributed by atoms with Crippen LogP contribution in [0.15, 0.2) is 36.7 Å². The Morgan fingerprint density at radius 2 is 2.00 bits per heavy atom. The minimum Gasteiger partial charge on any atom is -0.494 e. The first kappa shape index (κ1) is 19.4. The first-order chi connectivity index (χ1) is 13.2. The summed E-state index contributed by atoms with van der Waals surface area (Å²) in [5.41, 5.74) is 0.654. The minimum absolute atomic E-state index is 0.000401. The summed E-state index contributed by atoms with van der Waals surface area (Å²) in [4.78, 5) is 22.7. The fraction of sp³-hybridized carbons (Fsp3) is 0.450. The number of ether oxygens (including phenoxy) is 2. The Bertz CT molecular complexity index is 737. The predicted molar refractivity (Wildman–Crippen MR) is 103 cm³/mol. The van der Waals surface area contributed by atoms with Gasteiger partial charge in [0.1, 0.15) is 11.9 Å². The Balaban J connectivity index is 1.56. The maximum Gasteiger partial charge on any atom is 0.316 e. The molecule has 0 spiro atoms. The van der Waals surface area contributed by atoms with Gasteiger partial charge in [0.05, 0.1) is 30.6 Å². The standard InChI is InChI=1S/C20H24ClN3O3/c1-2-3-11-26-17-8-6-15(7-9-17)19(25)24-10-4-5-18(14-24)27-20-22-12-16(21)13-23-20/h6-9,12-13,18H,2-5,10-11,14H2,1H3. The summed E-state index contributed by atoms with van der Waals surface area (Å²) >= 11 is 5.79. The molecule has 0 radical (unpaired) electrons. The lowest BCUT2D eigenvalue weighted by Crippen LogP contribution is -2.44. The van der Waals surface area contributed by atoms with Gasteiger partial charge in [0, 0.05) is 12.1 Å². The van der Waals surface area contributed by atoms with E-state index in [0.29, 0.717) is 23.7 Å². The van der Waals surface area contributed by atoms with Crippen LogP contribution in [0.25, 0.3) is 0 Å². The summed E-state index contributed by atoms with van der Waals surface area (Å²) in [5, 5.41) is 0.463. The van der Waals surface area contributed by atoms with Gasteiger partial charge in [-0.25, -0.2) is 9.97 Å². The molecule has 1 atom stereocenters. The van der Waals surface area contributed by atoms with Crippen LogP contribution in [0.3, 0.4) is 0 Å². The SMILES string of the molecule is CCCCOc1ccc(C(=O)N2CCCC(Oc3ncc(Cl)cn3)C2)cc1. The molecule has 2 aromatic rings. The highest BCUT2D eigenvalue weighted by molar-refractivity contribution is 6.30. The summed E-state index contributed by atoms with van der Waals surface area (Å²) in [6, 6.07) is 7.62. The van der Waals surface area contributed by atoms with Crippen LogP contribution < -0.4 is 9.47 Å². The highest BCUT2D eigenvalue weighted by Crippen LogP contribution is 2.19. The van der Waals surface area contributed by atoms with Gasteiger partial charge in [0.25, 0.3) is 5.91 Å². The molecule has 1 fully saturated rings. The van der Waals surface area contributed by atoms with E-state index in [1.165, 1.54) is 12.4 Å². The summed E-state index contributed by atoms with van der Waals surface area (Å²) in [6.07, 6.45) is 6.73. The van der Waals surface area contributed by atoms with Gasteiger partial charge < -0.3 is 14.4 Å². The molecule has 1 amide bonds. The Labute approximate surface area is 164 Å². The molecular formula is C20H24ClN3O3. The molecule has 1 aliphatic heterocycles. The Morgan fingerprint density at radius 3 is 2.70 bits per heavy atom. The van der Waals surface area contributed by atoms with Crippen LogP contribution >= 0.6 is 11.6 Å². The first-order valence-electron chi connectivity index (χ1n) is 9.32. The molecule has 3 rings (SSSR count). The lowest BCUT2D eigenvalue weighted by atomic mass is 10.1. The summed E-state index contributed by atoms with van der Waals surface area (Å²) < 4.78 is 11.5. The van der Waals surface area contributed by atoms with Gasteiger partial charge in [-0.15, -0.1) is 0 Å². The van der Waals surface area contributed by atoms with Gasteiger partial charge >= 0.3 is 6.01 Å². The molecule has 7 heteroatoms. The van der Waals surface area contributed by atoms with Crippen LogP contribution in [0.4, 0.5) is 0 Å². The van der Waals surface area contributed by atoms with Gasteiger partial charge in [-0.05, 0) is 43.5 Å². The van der Waals surface area contributed by atoms with Gasteiger partial charge in [-0.1, -0.05) is 24.9 Å². The normalized spacial score (nSPS) is 16.8. The molecule has 2 heterocycles. The predicted octanol–water partition coefficient (Wildman–Crippen LogP) is 3.99. The number of likely N-dealkylation sites (tertiary alicyclic amines) is 1. The second-order valence-corrected chi connectivity index (χ2v) is 6.98. The van der Waals surface area contributed by atoms with Crippen molar-refractivity contribution in [3.05, 3.63) is 47.2 Å². The number of rotatable bonds is 7. The summed E-state index contributed by atoms with van der Waals surface area (Å²) in [7, 11) is 0. The topological polar surface area (TPSA) is 64.5 Å². The van der Waals surface area contributed by atoms with Crippen molar-refractivity contribution in [2.45, 2.75) is 38.7 Å². The Morgan fingerprint density at radius 1 is 1.26 bits per heavy atom. The van der Waals surface area contributed by atoms with Gasteiger partial charge in [-0.3, -0.25) is 4.79 Å². The van der Waals surface area contributed by atoms with E-state index in [-0.39, 0.29) is 18.0 Å². The number of nitrogens with zero attached hydrogens (tertiary/aromatic N) is 3. The van der Waals surface area contributed by atoms with Crippen LogP contribution in [0.5, 0.6) is 11.8 Å². The van der Waals surface area contributed by atoms with Crippen LogP contribution in [0, 0.1) is 0 Å². The van der Waals surface area contributed by atoms with Crippen molar-refractivity contribution in [3.8, 4) is 11.8 Å². The fourth-order valence-electron chi connectivity index (χ4n) is 2.94. The highest BCUT2D eigenvalue weighted by Gasteiger charge is 2.26. The van der Waals surface area contributed by atoms with E-state index < -0.39 is 0 Å². The number of aromatic nitrogens is 2. The van der Waals surface area contributed by atoms with Gasteiger partial charge in [-0.2, -0.15) is 0 Å². The molecule has 0 aliphatic carbocycles. The average Bonchev–Trinajstić information content (AvgIpc) is 2.70. The number of hydrogen-bond acceptors (Lipinski definition) is 5. The van der Waals surface area contributed by atoms with E-state index in [0.717, 1.165) is 38.0 Å². The number of carbonyl (C=O) groups is 1. The lowest BCUT2D eigenvalue weighted by Gasteiger charge is -2.32. The molecule has 0 saturated carbocycles. The average molecular weight is 390 g/mol. The fourth-order valence-corrected chi connectivity index (χ4v) is 3.04.